The number of amides is 1. The number of nitrogens with zero attached hydrogens (tertiary/aromatic N) is 3. The Labute approximate surface area is 152 Å². The van der Waals surface area contributed by atoms with E-state index in [0.717, 1.165) is 10.2 Å². The Kier molecular flexibility index (Phi) is 4.92. The standard InChI is InChI=1S/C17H14BrN3O2S/c1-11-10-24-17(20-11)21(2)16(22)14-7-4-8-19-15(14)23-13-6-3-5-12(18)9-13/h3-10H,1-2H3. The first-order chi connectivity index (χ1) is 11.5. The largest absolute Gasteiger partial charge is 0.438 e. The number of hydrogen-bond acceptors (Lipinski definition) is 5. The van der Waals surface area contributed by atoms with Crippen molar-refractivity contribution >= 4 is 38.3 Å². The van der Waals surface area contributed by atoms with Crippen molar-refractivity contribution in [1.29, 1.82) is 0 Å². The van der Waals surface area contributed by atoms with E-state index in [1.54, 1.807) is 25.4 Å². The quantitative estimate of drug-likeness (QED) is 0.634. The Morgan fingerprint density at radius 3 is 2.83 bits per heavy atom. The van der Waals surface area contributed by atoms with Crippen molar-refractivity contribution < 1.29 is 9.53 Å². The number of carbonyl (C=O) groups excluding carboxylic acids is 1. The van der Waals surface area contributed by atoms with Gasteiger partial charge in [0.25, 0.3) is 5.91 Å². The minimum atomic E-state index is -0.220. The van der Waals surface area contributed by atoms with Crippen LogP contribution < -0.4 is 9.64 Å². The van der Waals surface area contributed by atoms with Gasteiger partial charge in [0.15, 0.2) is 5.13 Å². The summed E-state index contributed by atoms with van der Waals surface area (Å²) in [4.78, 5) is 22.8. The molecule has 2 heterocycles. The number of carbonyl (C=O) groups is 1. The van der Waals surface area contributed by atoms with Gasteiger partial charge in [0.2, 0.25) is 5.88 Å². The summed E-state index contributed by atoms with van der Waals surface area (Å²) in [6, 6.07) is 10.8. The summed E-state index contributed by atoms with van der Waals surface area (Å²) in [5.41, 5.74) is 1.26. The fourth-order valence-corrected chi connectivity index (χ4v) is 3.18. The van der Waals surface area contributed by atoms with E-state index in [2.05, 4.69) is 25.9 Å². The zero-order valence-corrected chi connectivity index (χ0v) is 15.5. The lowest BCUT2D eigenvalue weighted by Crippen LogP contribution is -2.26. The number of aryl methyl sites for hydroxylation is 1. The summed E-state index contributed by atoms with van der Waals surface area (Å²) in [5.74, 6) is 0.646. The summed E-state index contributed by atoms with van der Waals surface area (Å²) >= 11 is 4.82. The van der Waals surface area contributed by atoms with Gasteiger partial charge in [-0.3, -0.25) is 9.69 Å². The molecule has 0 saturated heterocycles. The van der Waals surface area contributed by atoms with Gasteiger partial charge in [0.05, 0.1) is 5.69 Å². The summed E-state index contributed by atoms with van der Waals surface area (Å²) in [7, 11) is 1.69. The predicted octanol–water partition coefficient (Wildman–Crippen LogP) is 4.68. The van der Waals surface area contributed by atoms with Crippen molar-refractivity contribution in [3.8, 4) is 11.6 Å². The van der Waals surface area contributed by atoms with Crippen molar-refractivity contribution in [2.45, 2.75) is 6.92 Å². The summed E-state index contributed by atoms with van der Waals surface area (Å²) in [5, 5.41) is 2.54. The fraction of sp³-hybridized carbons (Fsp3) is 0.118. The maximum atomic E-state index is 12.8. The Morgan fingerprint density at radius 2 is 2.12 bits per heavy atom. The average molecular weight is 404 g/mol. The highest BCUT2D eigenvalue weighted by Crippen LogP contribution is 2.28. The molecule has 1 amide bonds. The number of aromatic nitrogens is 2. The normalized spacial score (nSPS) is 10.5. The highest BCUT2D eigenvalue weighted by Gasteiger charge is 2.21. The molecule has 0 aliphatic heterocycles. The van der Waals surface area contributed by atoms with Gasteiger partial charge >= 0.3 is 0 Å². The van der Waals surface area contributed by atoms with Gasteiger partial charge in [0.1, 0.15) is 11.3 Å². The zero-order valence-electron chi connectivity index (χ0n) is 13.1. The van der Waals surface area contributed by atoms with Crippen LogP contribution in [0, 0.1) is 6.92 Å². The lowest BCUT2D eigenvalue weighted by atomic mass is 10.2. The van der Waals surface area contributed by atoms with Crippen LogP contribution in [0.25, 0.3) is 0 Å². The smallest absolute Gasteiger partial charge is 0.265 e. The third kappa shape index (κ3) is 3.63. The predicted molar refractivity (Wildman–Crippen MR) is 98.0 cm³/mol. The molecule has 0 N–H and O–H groups in total. The Bertz CT molecular complexity index is 882. The lowest BCUT2D eigenvalue weighted by Gasteiger charge is -2.16. The van der Waals surface area contributed by atoms with Crippen molar-refractivity contribution in [3.05, 3.63) is 63.7 Å². The molecule has 0 aliphatic rings. The van der Waals surface area contributed by atoms with Gasteiger partial charge in [0, 0.05) is 23.1 Å². The molecule has 122 valence electrons. The second-order valence-electron chi connectivity index (χ2n) is 5.05. The van der Waals surface area contributed by atoms with E-state index in [9.17, 15) is 4.79 Å². The Hall–Kier alpha value is -2.25. The van der Waals surface area contributed by atoms with Crippen LogP contribution in [0.2, 0.25) is 0 Å². The van der Waals surface area contributed by atoms with Crippen molar-refractivity contribution in [1.82, 2.24) is 9.97 Å². The van der Waals surface area contributed by atoms with Crippen molar-refractivity contribution in [2.24, 2.45) is 0 Å². The molecule has 2 aromatic heterocycles. The van der Waals surface area contributed by atoms with Crippen LogP contribution in [-0.2, 0) is 0 Å². The van der Waals surface area contributed by atoms with E-state index in [1.807, 2.05) is 36.6 Å². The van der Waals surface area contributed by atoms with Gasteiger partial charge in [-0.05, 0) is 37.3 Å². The Balaban J connectivity index is 1.89. The number of hydrogen-bond donors (Lipinski definition) is 0. The molecule has 3 aromatic rings. The molecule has 5 nitrogen and oxygen atoms in total. The zero-order chi connectivity index (χ0) is 17.1. The van der Waals surface area contributed by atoms with Crippen molar-refractivity contribution in [3.63, 3.8) is 0 Å². The third-order valence-electron chi connectivity index (χ3n) is 3.21. The molecule has 0 unspecified atom stereocenters. The first-order valence-electron chi connectivity index (χ1n) is 7.13. The highest BCUT2D eigenvalue weighted by atomic mass is 79.9. The first kappa shape index (κ1) is 16.6. The van der Waals surface area contributed by atoms with E-state index in [1.165, 1.54) is 16.2 Å². The number of pyridine rings is 1. The molecule has 0 saturated carbocycles. The summed E-state index contributed by atoms with van der Waals surface area (Å²) in [6.45, 7) is 1.89. The summed E-state index contributed by atoms with van der Waals surface area (Å²) in [6.07, 6.45) is 1.59. The number of thiazole rings is 1. The van der Waals surface area contributed by atoms with Crippen LogP contribution in [0.1, 0.15) is 16.1 Å². The van der Waals surface area contributed by atoms with E-state index in [-0.39, 0.29) is 11.8 Å². The molecule has 0 bridgehead atoms. The van der Waals surface area contributed by atoms with Crippen LogP contribution in [-0.4, -0.2) is 22.9 Å². The maximum absolute atomic E-state index is 12.8. The molecule has 0 fully saturated rings. The highest BCUT2D eigenvalue weighted by molar-refractivity contribution is 9.10. The fourth-order valence-electron chi connectivity index (χ4n) is 2.04. The van der Waals surface area contributed by atoms with Crippen LogP contribution >= 0.6 is 27.3 Å². The molecule has 0 radical (unpaired) electrons. The van der Waals surface area contributed by atoms with Gasteiger partial charge < -0.3 is 4.74 Å². The van der Waals surface area contributed by atoms with Crippen molar-refractivity contribution in [2.75, 3.05) is 11.9 Å². The SMILES string of the molecule is Cc1csc(N(C)C(=O)c2cccnc2Oc2cccc(Br)c2)n1. The summed E-state index contributed by atoms with van der Waals surface area (Å²) < 4.78 is 6.69. The molecular weight excluding hydrogens is 390 g/mol. The maximum Gasteiger partial charge on any atom is 0.265 e. The number of rotatable bonds is 4. The number of ether oxygens (including phenoxy) is 1. The second-order valence-corrected chi connectivity index (χ2v) is 6.80. The van der Waals surface area contributed by atoms with Gasteiger partial charge in [-0.15, -0.1) is 11.3 Å². The number of anilines is 1. The van der Waals surface area contributed by atoms with E-state index < -0.39 is 0 Å². The minimum Gasteiger partial charge on any atom is -0.438 e. The monoisotopic (exact) mass is 403 g/mol. The number of benzene rings is 1. The number of halogens is 1. The molecule has 24 heavy (non-hydrogen) atoms. The molecule has 0 atom stereocenters. The molecule has 0 aliphatic carbocycles. The minimum absolute atomic E-state index is 0.220. The first-order valence-corrected chi connectivity index (χ1v) is 8.80. The van der Waals surface area contributed by atoms with E-state index in [0.29, 0.717) is 16.4 Å². The van der Waals surface area contributed by atoms with E-state index >= 15 is 0 Å². The Morgan fingerprint density at radius 1 is 1.29 bits per heavy atom. The van der Waals surface area contributed by atoms with Crippen LogP contribution in [0.3, 0.4) is 0 Å². The third-order valence-corrected chi connectivity index (χ3v) is 4.74. The molecule has 0 spiro atoms. The van der Waals surface area contributed by atoms with Crippen LogP contribution in [0.5, 0.6) is 11.6 Å². The van der Waals surface area contributed by atoms with Gasteiger partial charge in [-0.25, -0.2) is 9.97 Å². The topological polar surface area (TPSA) is 55.3 Å². The van der Waals surface area contributed by atoms with Crippen LogP contribution in [0.4, 0.5) is 5.13 Å². The lowest BCUT2D eigenvalue weighted by molar-refractivity contribution is 0.0990. The van der Waals surface area contributed by atoms with Gasteiger partial charge in [-0.1, -0.05) is 22.0 Å². The second kappa shape index (κ2) is 7.11. The van der Waals surface area contributed by atoms with Crippen LogP contribution in [0.15, 0.2) is 52.4 Å². The molecule has 7 heteroatoms. The van der Waals surface area contributed by atoms with Gasteiger partial charge in [-0.2, -0.15) is 0 Å². The van der Waals surface area contributed by atoms with E-state index in [4.69, 9.17) is 4.74 Å². The molecule has 1 aromatic carbocycles. The molecular formula is C17H14BrN3O2S. The average Bonchev–Trinajstić information content (AvgIpc) is 3.00. The molecule has 3 rings (SSSR count).